The van der Waals surface area contributed by atoms with Crippen LogP contribution >= 0.6 is 0 Å². The van der Waals surface area contributed by atoms with Gasteiger partial charge in [-0.05, 0) is 37.3 Å². The third-order valence-electron chi connectivity index (χ3n) is 5.43. The van der Waals surface area contributed by atoms with Crippen LogP contribution in [0.5, 0.6) is 23.0 Å². The Balaban J connectivity index is 1.57. The van der Waals surface area contributed by atoms with Crippen molar-refractivity contribution in [3.63, 3.8) is 0 Å². The molecule has 4 N–H and O–H groups in total. The number of hydrogen-bond donors (Lipinski definition) is 4. The van der Waals surface area contributed by atoms with E-state index in [9.17, 15) is 15.0 Å². The summed E-state index contributed by atoms with van der Waals surface area (Å²) in [6, 6.07) is 9.85. The molecule has 0 aliphatic heterocycles. The summed E-state index contributed by atoms with van der Waals surface area (Å²) in [6.07, 6.45) is -1.40. The Labute approximate surface area is 199 Å². The van der Waals surface area contributed by atoms with Crippen molar-refractivity contribution in [2.24, 2.45) is 0 Å². The largest absolute Gasteiger partial charge is 0.493 e. The van der Waals surface area contributed by atoms with Gasteiger partial charge < -0.3 is 34.5 Å². The van der Waals surface area contributed by atoms with E-state index in [1.807, 2.05) is 6.92 Å². The van der Waals surface area contributed by atoms with Gasteiger partial charge >= 0.3 is 5.97 Å². The number of aromatic nitrogens is 2. The Morgan fingerprint density at radius 2 is 1.86 bits per heavy atom. The van der Waals surface area contributed by atoms with Crippen molar-refractivity contribution in [3.8, 4) is 23.0 Å². The van der Waals surface area contributed by atoms with E-state index in [0.717, 1.165) is 5.69 Å². The summed E-state index contributed by atoms with van der Waals surface area (Å²) in [7, 11) is 1.44. The molecular weight excluding hydrogens is 459 g/mol. The van der Waals surface area contributed by atoms with Crippen molar-refractivity contribution in [1.29, 1.82) is 0 Å². The summed E-state index contributed by atoms with van der Waals surface area (Å²) in [5.74, 6) is -0.608. The number of halogens is 1. The van der Waals surface area contributed by atoms with Gasteiger partial charge in [-0.1, -0.05) is 0 Å². The summed E-state index contributed by atoms with van der Waals surface area (Å²) < 4.78 is 32.0. The van der Waals surface area contributed by atoms with Crippen molar-refractivity contribution in [2.75, 3.05) is 13.7 Å². The Hall–Kier alpha value is -3.89. The van der Waals surface area contributed by atoms with Gasteiger partial charge in [0, 0.05) is 40.7 Å². The monoisotopic (exact) mass is 484 g/mol. The third kappa shape index (κ3) is 5.44. The fraction of sp³-hybridized carbons (Fsp3) is 0.280. The maximum absolute atomic E-state index is 15.0. The van der Waals surface area contributed by atoms with Crippen molar-refractivity contribution in [3.05, 3.63) is 54.1 Å². The Morgan fingerprint density at radius 3 is 2.60 bits per heavy atom. The molecule has 35 heavy (non-hydrogen) atoms. The molecular formula is C25H25FN2O7. The van der Waals surface area contributed by atoms with Gasteiger partial charge in [0.2, 0.25) is 0 Å². The van der Waals surface area contributed by atoms with E-state index in [0.29, 0.717) is 33.3 Å². The summed E-state index contributed by atoms with van der Waals surface area (Å²) in [6.45, 7) is 1.65. The number of aryl methyl sites for hydroxylation is 1. The number of carboxylic acids is 1. The number of aliphatic hydroxyl groups is 2. The zero-order chi connectivity index (χ0) is 25.1. The summed E-state index contributed by atoms with van der Waals surface area (Å²) >= 11 is 0. The second-order valence-corrected chi connectivity index (χ2v) is 8.17. The topological polar surface area (TPSA) is 134 Å². The molecule has 0 saturated carbocycles. The van der Waals surface area contributed by atoms with Gasteiger partial charge in [0.1, 0.15) is 12.4 Å². The summed E-state index contributed by atoms with van der Waals surface area (Å²) in [5, 5.41) is 29.5. The van der Waals surface area contributed by atoms with Crippen molar-refractivity contribution < 1.29 is 38.7 Å². The Morgan fingerprint density at radius 1 is 1.06 bits per heavy atom. The minimum absolute atomic E-state index is 0.0614. The number of rotatable bonds is 10. The number of carboxylic acid groups (broad SMARTS) is 1. The first kappa shape index (κ1) is 24.2. The Kier molecular flexibility index (Phi) is 7.04. The van der Waals surface area contributed by atoms with E-state index in [4.69, 9.17) is 19.3 Å². The predicted octanol–water partition coefficient (Wildman–Crippen LogP) is 3.93. The van der Waals surface area contributed by atoms with E-state index >= 15 is 4.39 Å². The van der Waals surface area contributed by atoms with Crippen molar-refractivity contribution in [2.45, 2.75) is 32.0 Å². The summed E-state index contributed by atoms with van der Waals surface area (Å²) in [5.41, 5.74) is 2.00. The molecule has 0 saturated heterocycles. The fourth-order valence-electron chi connectivity index (χ4n) is 3.83. The molecule has 9 nitrogen and oxygen atoms in total. The highest BCUT2D eigenvalue weighted by molar-refractivity contribution is 5.89. The van der Waals surface area contributed by atoms with Crippen LogP contribution in [0.3, 0.4) is 0 Å². The molecule has 0 unspecified atom stereocenters. The molecule has 0 radical (unpaired) electrons. The van der Waals surface area contributed by atoms with Crippen LogP contribution in [0, 0.1) is 12.7 Å². The smallest absolute Gasteiger partial charge is 0.305 e. The average molecular weight is 484 g/mol. The molecule has 0 amide bonds. The summed E-state index contributed by atoms with van der Waals surface area (Å²) in [4.78, 5) is 18.1. The number of methoxy groups -OCH3 is 1. The van der Waals surface area contributed by atoms with Gasteiger partial charge in [0.05, 0.1) is 31.3 Å². The first-order valence-corrected chi connectivity index (χ1v) is 10.9. The number of aromatic amines is 1. The van der Waals surface area contributed by atoms with E-state index in [2.05, 4.69) is 9.97 Å². The number of nitrogens with zero attached hydrogens (tertiary/aromatic N) is 1. The molecule has 0 spiro atoms. The fourth-order valence-corrected chi connectivity index (χ4v) is 3.83. The number of aliphatic hydroxyl groups excluding tert-OH is 2. The molecule has 0 aliphatic rings. The molecule has 0 aliphatic carbocycles. The number of hydrogen-bond acceptors (Lipinski definition) is 7. The van der Waals surface area contributed by atoms with Crippen LogP contribution in [-0.2, 0) is 4.79 Å². The van der Waals surface area contributed by atoms with E-state index in [1.54, 1.807) is 36.4 Å². The first-order valence-electron chi connectivity index (χ1n) is 10.9. The molecule has 2 aromatic heterocycles. The second-order valence-electron chi connectivity index (χ2n) is 8.17. The maximum Gasteiger partial charge on any atom is 0.305 e. The lowest BCUT2D eigenvalue weighted by Crippen LogP contribution is -2.25. The van der Waals surface area contributed by atoms with Crippen LogP contribution in [0.2, 0.25) is 0 Å². The van der Waals surface area contributed by atoms with Crippen molar-refractivity contribution in [1.82, 2.24) is 9.97 Å². The number of pyridine rings is 1. The number of carbonyl (C=O) groups is 1. The molecule has 10 heteroatoms. The number of aliphatic carboxylic acids is 1. The highest BCUT2D eigenvalue weighted by Crippen LogP contribution is 2.38. The second kappa shape index (κ2) is 10.2. The lowest BCUT2D eigenvalue weighted by atomic mass is 10.1. The highest BCUT2D eigenvalue weighted by atomic mass is 19.1. The molecule has 184 valence electrons. The number of H-pyrrole nitrogens is 1. The van der Waals surface area contributed by atoms with Crippen LogP contribution in [0.4, 0.5) is 4.39 Å². The molecule has 2 aromatic carbocycles. The number of nitrogens with one attached hydrogen (secondary N) is 1. The maximum atomic E-state index is 15.0. The zero-order valence-corrected chi connectivity index (χ0v) is 19.1. The minimum Gasteiger partial charge on any atom is -0.493 e. The molecule has 4 rings (SSSR count). The predicted molar refractivity (Wildman–Crippen MR) is 126 cm³/mol. The molecule has 4 aromatic rings. The number of fused-ring (bicyclic) bond motifs is 2. The number of ether oxygens (including phenoxy) is 3. The van der Waals surface area contributed by atoms with Crippen LogP contribution < -0.4 is 14.2 Å². The van der Waals surface area contributed by atoms with Gasteiger partial charge in [-0.2, -0.15) is 0 Å². The van der Waals surface area contributed by atoms with Gasteiger partial charge in [-0.3, -0.25) is 9.78 Å². The van der Waals surface area contributed by atoms with Crippen LogP contribution in [-0.4, -0.2) is 57.2 Å². The van der Waals surface area contributed by atoms with Gasteiger partial charge in [0.15, 0.2) is 23.1 Å². The zero-order valence-electron chi connectivity index (χ0n) is 19.1. The Bertz CT molecular complexity index is 1370. The standard InChI is InChI=1S/C25H25FN2O7/c1-13-7-17-18(28-13)3-4-21(25(17)26)35-20-5-6-27-19-11-23(22(33-2)10-16(19)20)34-12-15(30)8-14(29)9-24(31)32/h3-7,10-11,14-15,28-30H,8-9,12H2,1-2H3,(H,31,32)/t14-,15+/m1/s1. The minimum atomic E-state index is -1.19. The lowest BCUT2D eigenvalue weighted by Gasteiger charge is -2.17. The van der Waals surface area contributed by atoms with Gasteiger partial charge in [0.25, 0.3) is 0 Å². The molecule has 0 fully saturated rings. The van der Waals surface area contributed by atoms with Gasteiger partial charge in [-0.25, -0.2) is 4.39 Å². The van der Waals surface area contributed by atoms with Crippen LogP contribution in [0.25, 0.3) is 21.8 Å². The van der Waals surface area contributed by atoms with E-state index in [1.165, 1.54) is 13.3 Å². The van der Waals surface area contributed by atoms with Crippen LogP contribution in [0.1, 0.15) is 18.5 Å². The van der Waals surface area contributed by atoms with Crippen LogP contribution in [0.15, 0.2) is 42.6 Å². The highest BCUT2D eigenvalue weighted by Gasteiger charge is 2.18. The lowest BCUT2D eigenvalue weighted by molar-refractivity contribution is -0.139. The SMILES string of the molecule is COc1cc2c(Oc3ccc4[nH]c(C)cc4c3F)ccnc2cc1OC[C@@H](O)C[C@@H](O)CC(=O)O. The normalized spacial score (nSPS) is 13.1. The van der Waals surface area contributed by atoms with Crippen molar-refractivity contribution >= 4 is 27.8 Å². The molecule has 0 bridgehead atoms. The molecule has 2 atom stereocenters. The number of benzene rings is 2. The average Bonchev–Trinajstić information content (AvgIpc) is 3.19. The van der Waals surface area contributed by atoms with E-state index < -0.39 is 30.4 Å². The third-order valence-corrected chi connectivity index (χ3v) is 5.43. The van der Waals surface area contributed by atoms with Gasteiger partial charge in [-0.15, -0.1) is 0 Å². The molecule has 2 heterocycles. The first-order chi connectivity index (χ1) is 16.7. The quantitative estimate of drug-likeness (QED) is 0.266. The van der Waals surface area contributed by atoms with E-state index in [-0.39, 0.29) is 24.5 Å².